The van der Waals surface area contributed by atoms with E-state index in [1.165, 1.54) is 17.8 Å². The highest BCUT2D eigenvalue weighted by atomic mass is 79.9. The zero-order valence-corrected chi connectivity index (χ0v) is 19.1. The fourth-order valence-corrected chi connectivity index (χ4v) is 3.47. The molecule has 0 saturated heterocycles. The minimum atomic E-state index is -0.444. The second-order valence-electron chi connectivity index (χ2n) is 7.18. The first-order chi connectivity index (χ1) is 16.1. The van der Waals surface area contributed by atoms with Crippen LogP contribution in [0, 0.1) is 0 Å². The highest BCUT2D eigenvalue weighted by molar-refractivity contribution is 9.10. The molecule has 0 atom stereocenters. The number of rotatable bonds is 8. The van der Waals surface area contributed by atoms with Crippen LogP contribution in [0.5, 0.6) is 11.5 Å². The minimum Gasteiger partial charge on any atom is -0.507 e. The molecule has 4 aromatic rings. The molecular formula is C25H21BrN4O3. The average Bonchev–Trinajstić information content (AvgIpc) is 3.33. The van der Waals surface area contributed by atoms with Gasteiger partial charge in [0.25, 0.3) is 5.91 Å². The zero-order chi connectivity index (χ0) is 23.0. The van der Waals surface area contributed by atoms with Crippen molar-refractivity contribution in [2.75, 3.05) is 6.61 Å². The number of aromatic nitrogens is 2. The molecule has 0 radical (unpaired) electrons. The van der Waals surface area contributed by atoms with Gasteiger partial charge in [0.2, 0.25) is 0 Å². The number of nitrogens with zero attached hydrogens (tertiary/aromatic N) is 2. The molecule has 0 bridgehead atoms. The van der Waals surface area contributed by atoms with Gasteiger partial charge in [-0.2, -0.15) is 10.2 Å². The fourth-order valence-electron chi connectivity index (χ4n) is 3.09. The van der Waals surface area contributed by atoms with Crippen molar-refractivity contribution >= 4 is 28.1 Å². The summed E-state index contributed by atoms with van der Waals surface area (Å²) in [6, 6.07) is 24.3. The lowest BCUT2D eigenvalue weighted by Crippen LogP contribution is -2.18. The maximum Gasteiger partial charge on any atom is 0.289 e. The summed E-state index contributed by atoms with van der Waals surface area (Å²) in [5.41, 5.74) is 5.87. The molecule has 0 saturated carbocycles. The highest BCUT2D eigenvalue weighted by Crippen LogP contribution is 2.22. The standard InChI is InChI=1S/C25H21BrN4O3/c26-20-8-11-24(31)19(14-20)16-27-30-25(32)23-15-22(28-29-23)18-6-9-21(10-7-18)33-13-12-17-4-2-1-3-5-17/h1-11,14-16,31H,12-13H2,(H,28,29)(H,30,32)/b27-16+. The lowest BCUT2D eigenvalue weighted by Gasteiger charge is -2.06. The largest absolute Gasteiger partial charge is 0.507 e. The molecule has 1 amide bonds. The Bertz CT molecular complexity index is 1250. The molecule has 0 aliphatic carbocycles. The topological polar surface area (TPSA) is 99.6 Å². The van der Waals surface area contributed by atoms with E-state index in [2.05, 4.69) is 48.8 Å². The molecule has 33 heavy (non-hydrogen) atoms. The van der Waals surface area contributed by atoms with Crippen LogP contribution < -0.4 is 10.2 Å². The number of hydrogen-bond donors (Lipinski definition) is 3. The summed E-state index contributed by atoms with van der Waals surface area (Å²) in [7, 11) is 0. The van der Waals surface area contributed by atoms with E-state index < -0.39 is 5.91 Å². The van der Waals surface area contributed by atoms with Gasteiger partial charge in [-0.05, 0) is 54.1 Å². The first-order valence-corrected chi connectivity index (χ1v) is 11.0. The van der Waals surface area contributed by atoms with E-state index in [0.29, 0.717) is 17.9 Å². The Morgan fingerprint density at radius 1 is 1.09 bits per heavy atom. The van der Waals surface area contributed by atoms with Gasteiger partial charge in [0, 0.05) is 22.0 Å². The predicted octanol–water partition coefficient (Wildman–Crippen LogP) is 4.93. The molecular weight excluding hydrogens is 484 g/mol. The van der Waals surface area contributed by atoms with Gasteiger partial charge in [0.05, 0.1) is 18.5 Å². The first-order valence-electron chi connectivity index (χ1n) is 10.2. The summed E-state index contributed by atoms with van der Waals surface area (Å²) in [6.07, 6.45) is 2.20. The summed E-state index contributed by atoms with van der Waals surface area (Å²) in [5.74, 6) is 0.390. The van der Waals surface area contributed by atoms with Gasteiger partial charge in [-0.15, -0.1) is 0 Å². The van der Waals surface area contributed by atoms with Crippen LogP contribution in [0.25, 0.3) is 11.3 Å². The number of hydrogen-bond acceptors (Lipinski definition) is 5. The molecule has 0 aliphatic heterocycles. The number of aromatic hydroxyl groups is 1. The van der Waals surface area contributed by atoms with E-state index >= 15 is 0 Å². The van der Waals surface area contributed by atoms with E-state index in [1.807, 2.05) is 42.5 Å². The Morgan fingerprint density at radius 3 is 2.67 bits per heavy atom. The van der Waals surface area contributed by atoms with Crippen molar-refractivity contribution < 1.29 is 14.6 Å². The number of H-pyrrole nitrogens is 1. The SMILES string of the molecule is O=C(N/N=C/c1cc(Br)ccc1O)c1cc(-c2ccc(OCCc3ccccc3)cc2)n[nH]1. The number of phenolic OH excluding ortho intramolecular Hbond substituents is 1. The molecule has 166 valence electrons. The van der Waals surface area contributed by atoms with Crippen LogP contribution in [0.15, 0.2) is 88.4 Å². The third kappa shape index (κ3) is 6.08. The van der Waals surface area contributed by atoms with Crippen LogP contribution in [-0.4, -0.2) is 34.0 Å². The van der Waals surface area contributed by atoms with Crippen molar-refractivity contribution in [2.24, 2.45) is 5.10 Å². The number of phenols is 1. The summed E-state index contributed by atoms with van der Waals surface area (Å²) in [6.45, 7) is 0.592. The number of carbonyl (C=O) groups is 1. The van der Waals surface area contributed by atoms with Gasteiger partial charge in [0.15, 0.2) is 0 Å². The number of carbonyl (C=O) groups excluding carboxylic acids is 1. The third-order valence-corrected chi connectivity index (χ3v) is 5.33. The van der Waals surface area contributed by atoms with Crippen LogP contribution >= 0.6 is 15.9 Å². The average molecular weight is 505 g/mol. The Hall–Kier alpha value is -3.91. The molecule has 0 unspecified atom stereocenters. The summed E-state index contributed by atoms with van der Waals surface area (Å²) < 4.78 is 6.60. The fraction of sp³-hybridized carbons (Fsp3) is 0.0800. The maximum atomic E-state index is 12.3. The van der Waals surface area contributed by atoms with Crippen molar-refractivity contribution in [3.8, 4) is 22.8 Å². The van der Waals surface area contributed by atoms with Gasteiger partial charge in [0.1, 0.15) is 17.2 Å². The van der Waals surface area contributed by atoms with Crippen molar-refractivity contribution in [3.05, 3.63) is 100 Å². The summed E-state index contributed by atoms with van der Waals surface area (Å²) in [4.78, 5) is 12.3. The quantitative estimate of drug-likeness (QED) is 0.234. The van der Waals surface area contributed by atoms with Crippen LogP contribution in [0.2, 0.25) is 0 Å². The maximum absolute atomic E-state index is 12.3. The smallest absolute Gasteiger partial charge is 0.289 e. The van der Waals surface area contributed by atoms with E-state index in [0.717, 1.165) is 22.2 Å². The zero-order valence-electron chi connectivity index (χ0n) is 17.5. The molecule has 0 spiro atoms. The van der Waals surface area contributed by atoms with Crippen molar-refractivity contribution in [3.63, 3.8) is 0 Å². The number of halogens is 1. The number of benzene rings is 3. The Labute approximate surface area is 199 Å². The van der Waals surface area contributed by atoms with Gasteiger partial charge >= 0.3 is 0 Å². The van der Waals surface area contributed by atoms with E-state index in [-0.39, 0.29) is 11.4 Å². The number of nitrogens with one attached hydrogen (secondary N) is 2. The molecule has 4 rings (SSSR count). The van der Waals surface area contributed by atoms with Gasteiger partial charge in [-0.3, -0.25) is 9.89 Å². The van der Waals surface area contributed by atoms with Gasteiger partial charge in [-0.25, -0.2) is 5.43 Å². The Balaban J connectivity index is 1.32. The minimum absolute atomic E-state index is 0.0625. The third-order valence-electron chi connectivity index (χ3n) is 4.83. The van der Waals surface area contributed by atoms with Crippen LogP contribution in [0.1, 0.15) is 21.6 Å². The number of ether oxygens (including phenoxy) is 1. The van der Waals surface area contributed by atoms with Crippen molar-refractivity contribution in [1.82, 2.24) is 15.6 Å². The first kappa shape index (κ1) is 22.3. The predicted molar refractivity (Wildman–Crippen MR) is 131 cm³/mol. The summed E-state index contributed by atoms with van der Waals surface area (Å²) >= 11 is 3.32. The van der Waals surface area contributed by atoms with Crippen LogP contribution in [0.3, 0.4) is 0 Å². The van der Waals surface area contributed by atoms with E-state index in [4.69, 9.17) is 4.74 Å². The summed E-state index contributed by atoms with van der Waals surface area (Å²) in [5, 5.41) is 20.6. The lowest BCUT2D eigenvalue weighted by atomic mass is 10.1. The van der Waals surface area contributed by atoms with Crippen molar-refractivity contribution in [2.45, 2.75) is 6.42 Å². The molecule has 3 N–H and O–H groups in total. The Kier molecular flexibility index (Phi) is 7.16. The molecule has 3 aromatic carbocycles. The molecule has 0 aliphatic rings. The monoisotopic (exact) mass is 504 g/mol. The second-order valence-corrected chi connectivity index (χ2v) is 8.09. The molecule has 7 nitrogen and oxygen atoms in total. The van der Waals surface area contributed by atoms with E-state index in [9.17, 15) is 9.90 Å². The molecule has 1 heterocycles. The molecule has 1 aromatic heterocycles. The lowest BCUT2D eigenvalue weighted by molar-refractivity contribution is 0.0950. The number of aromatic amines is 1. The molecule has 8 heteroatoms. The Morgan fingerprint density at radius 2 is 1.88 bits per heavy atom. The molecule has 0 fully saturated rings. The number of hydrazone groups is 1. The van der Waals surface area contributed by atoms with Gasteiger partial charge in [-0.1, -0.05) is 46.3 Å². The van der Waals surface area contributed by atoms with Gasteiger partial charge < -0.3 is 9.84 Å². The second kappa shape index (κ2) is 10.6. The highest BCUT2D eigenvalue weighted by Gasteiger charge is 2.11. The van der Waals surface area contributed by atoms with Crippen molar-refractivity contribution in [1.29, 1.82) is 0 Å². The normalized spacial score (nSPS) is 10.9. The van der Waals surface area contributed by atoms with Crippen LogP contribution in [0.4, 0.5) is 0 Å². The van der Waals surface area contributed by atoms with E-state index in [1.54, 1.807) is 18.2 Å². The van der Waals surface area contributed by atoms with Crippen LogP contribution in [-0.2, 0) is 6.42 Å². The number of amides is 1.